The Morgan fingerprint density at radius 3 is 2.00 bits per heavy atom. The first-order valence-electron chi connectivity index (χ1n) is 5.20. The first-order valence-corrected chi connectivity index (χ1v) is 5.20. The summed E-state index contributed by atoms with van der Waals surface area (Å²) >= 11 is 0. The van der Waals surface area contributed by atoms with Crippen LogP contribution in [0.4, 0.5) is 11.9 Å². The summed E-state index contributed by atoms with van der Waals surface area (Å²) in [6.45, 7) is 8.39. The molecule has 0 bridgehead atoms. The van der Waals surface area contributed by atoms with Crippen LogP contribution in [0.2, 0.25) is 0 Å². The van der Waals surface area contributed by atoms with Gasteiger partial charge in [-0.3, -0.25) is 0 Å². The van der Waals surface area contributed by atoms with Crippen molar-refractivity contribution in [3.05, 3.63) is 6.33 Å². The van der Waals surface area contributed by atoms with E-state index in [0.717, 1.165) is 7.11 Å². The van der Waals surface area contributed by atoms with Crippen molar-refractivity contribution in [2.45, 2.75) is 39.8 Å². The van der Waals surface area contributed by atoms with Crippen LogP contribution in [0.25, 0.3) is 0 Å². The van der Waals surface area contributed by atoms with Crippen LogP contribution in [-0.4, -0.2) is 39.3 Å². The number of aliphatic hydroxyl groups excluding tert-OH is 1. The molecule has 0 aliphatic carbocycles. The van der Waals surface area contributed by atoms with Gasteiger partial charge in [-0.1, -0.05) is 0 Å². The number of anilines is 2. The lowest BCUT2D eigenvalue weighted by Crippen LogP contribution is -2.38. The zero-order valence-electron chi connectivity index (χ0n) is 10.5. The molecule has 1 heterocycles. The lowest BCUT2D eigenvalue weighted by atomic mass is 10.2. The Labute approximate surface area is 96.5 Å². The second-order valence-corrected chi connectivity index (χ2v) is 3.74. The van der Waals surface area contributed by atoms with Crippen molar-refractivity contribution in [3.63, 3.8) is 0 Å². The molecule has 1 aromatic heterocycles. The van der Waals surface area contributed by atoms with E-state index in [9.17, 15) is 0 Å². The highest BCUT2D eigenvalue weighted by Gasteiger charge is 2.16. The smallest absolute Gasteiger partial charge is 0.230 e. The topological polar surface area (TPSA) is 88.2 Å². The molecule has 0 spiro atoms. The molecule has 0 atom stereocenters. The van der Waals surface area contributed by atoms with E-state index in [2.05, 4.69) is 47.5 Å². The summed E-state index contributed by atoms with van der Waals surface area (Å²) in [6, 6.07) is 0.689. The van der Waals surface area contributed by atoms with Crippen LogP contribution in [0.15, 0.2) is 6.33 Å². The largest absolute Gasteiger partial charge is 0.400 e. The van der Waals surface area contributed by atoms with Gasteiger partial charge in [0, 0.05) is 19.2 Å². The molecule has 0 aliphatic heterocycles. The van der Waals surface area contributed by atoms with Crippen LogP contribution in [0.3, 0.4) is 0 Å². The Morgan fingerprint density at radius 1 is 1.12 bits per heavy atom. The fourth-order valence-corrected chi connectivity index (χ4v) is 1.48. The number of aromatic nitrogens is 3. The number of nitrogens with two attached hydrogens (primary N) is 1. The maximum Gasteiger partial charge on any atom is 0.230 e. The van der Waals surface area contributed by atoms with E-state index in [-0.39, 0.29) is 5.95 Å². The molecule has 1 aromatic rings. The average molecular weight is 227 g/mol. The lowest BCUT2D eigenvalue weighted by Gasteiger charge is -2.30. The third-order valence-electron chi connectivity index (χ3n) is 1.92. The van der Waals surface area contributed by atoms with Crippen molar-refractivity contribution < 1.29 is 5.11 Å². The van der Waals surface area contributed by atoms with E-state index in [4.69, 9.17) is 10.8 Å². The summed E-state index contributed by atoms with van der Waals surface area (Å²) < 4.78 is 0. The summed E-state index contributed by atoms with van der Waals surface area (Å²) in [7, 11) is 1.00. The second-order valence-electron chi connectivity index (χ2n) is 3.74. The molecule has 0 aromatic carbocycles. The summed E-state index contributed by atoms with van der Waals surface area (Å²) in [4.78, 5) is 14.1. The maximum atomic E-state index is 7.00. The molecule has 0 saturated carbocycles. The highest BCUT2D eigenvalue weighted by Crippen LogP contribution is 2.14. The monoisotopic (exact) mass is 227 g/mol. The molecule has 1 rings (SSSR count). The van der Waals surface area contributed by atoms with Crippen LogP contribution in [0.5, 0.6) is 0 Å². The Hall–Kier alpha value is -1.43. The van der Waals surface area contributed by atoms with Crippen LogP contribution in [0.1, 0.15) is 27.7 Å². The van der Waals surface area contributed by atoms with Gasteiger partial charge in [0.05, 0.1) is 0 Å². The van der Waals surface area contributed by atoms with Crippen molar-refractivity contribution in [2.75, 3.05) is 17.7 Å². The number of nitrogen functional groups attached to an aromatic ring is 1. The van der Waals surface area contributed by atoms with E-state index in [1.54, 1.807) is 0 Å². The zero-order chi connectivity index (χ0) is 12.7. The van der Waals surface area contributed by atoms with Gasteiger partial charge >= 0.3 is 0 Å². The highest BCUT2D eigenvalue weighted by atomic mass is 16.2. The van der Waals surface area contributed by atoms with E-state index >= 15 is 0 Å². The number of hydrogen-bond donors (Lipinski definition) is 2. The Morgan fingerprint density at radius 2 is 1.62 bits per heavy atom. The van der Waals surface area contributed by atoms with Gasteiger partial charge in [0.15, 0.2) is 0 Å². The van der Waals surface area contributed by atoms with Gasteiger partial charge in [0.1, 0.15) is 6.33 Å². The van der Waals surface area contributed by atoms with E-state index < -0.39 is 0 Å². The Kier molecular flexibility index (Phi) is 6.32. The van der Waals surface area contributed by atoms with E-state index in [1.807, 2.05) is 0 Å². The van der Waals surface area contributed by atoms with E-state index in [0.29, 0.717) is 18.0 Å². The van der Waals surface area contributed by atoms with Gasteiger partial charge in [-0.25, -0.2) is 9.97 Å². The fourth-order valence-electron chi connectivity index (χ4n) is 1.48. The fraction of sp³-hybridized carbons (Fsp3) is 0.700. The van der Waals surface area contributed by atoms with E-state index in [1.165, 1.54) is 6.33 Å². The number of nitrogens with zero attached hydrogens (tertiary/aromatic N) is 4. The predicted molar refractivity (Wildman–Crippen MR) is 65.1 cm³/mol. The van der Waals surface area contributed by atoms with Gasteiger partial charge in [-0.05, 0) is 27.7 Å². The van der Waals surface area contributed by atoms with Crippen LogP contribution in [0, 0.1) is 0 Å². The van der Waals surface area contributed by atoms with Crippen LogP contribution >= 0.6 is 0 Å². The minimum atomic E-state index is 0.265. The summed E-state index contributed by atoms with van der Waals surface area (Å²) in [6.07, 6.45) is 1.44. The van der Waals surface area contributed by atoms with Gasteiger partial charge in [-0.15, -0.1) is 0 Å². The molecule has 0 saturated heterocycles. The van der Waals surface area contributed by atoms with Gasteiger partial charge in [0.25, 0.3) is 0 Å². The average Bonchev–Trinajstić information content (AvgIpc) is 2.19. The first kappa shape index (κ1) is 14.6. The minimum Gasteiger partial charge on any atom is -0.400 e. The number of aliphatic hydroxyl groups is 1. The highest BCUT2D eigenvalue weighted by molar-refractivity contribution is 5.35. The number of hydrogen-bond acceptors (Lipinski definition) is 6. The quantitative estimate of drug-likeness (QED) is 0.789. The molecular weight excluding hydrogens is 206 g/mol. The van der Waals surface area contributed by atoms with Gasteiger partial charge in [-0.2, -0.15) is 4.98 Å². The molecule has 92 valence electrons. The first-order chi connectivity index (χ1) is 7.52. The second kappa shape index (κ2) is 6.95. The third-order valence-corrected chi connectivity index (χ3v) is 1.92. The predicted octanol–water partition coefficient (Wildman–Crippen LogP) is 0.685. The molecular formula is C10H21N5O. The molecule has 6 nitrogen and oxygen atoms in total. The molecule has 0 unspecified atom stereocenters. The third kappa shape index (κ3) is 3.98. The summed E-state index contributed by atoms with van der Waals surface area (Å²) in [5.41, 5.74) is 5.51. The van der Waals surface area contributed by atoms with Crippen molar-refractivity contribution in [2.24, 2.45) is 0 Å². The van der Waals surface area contributed by atoms with Crippen LogP contribution in [-0.2, 0) is 0 Å². The van der Waals surface area contributed by atoms with Gasteiger partial charge in [0.2, 0.25) is 11.9 Å². The normalized spacial score (nSPS) is 10.0. The van der Waals surface area contributed by atoms with Gasteiger partial charge < -0.3 is 15.7 Å². The standard InChI is InChI=1S/C9H17N5.CH4O/c1-6(2)14(7(3)4)9-12-5-11-8(10)13-9;1-2/h5-7H,1-4H3,(H2,10,11,12,13);2H,1H3. The number of rotatable bonds is 3. The maximum absolute atomic E-state index is 7.00. The summed E-state index contributed by atoms with van der Waals surface area (Å²) in [5, 5.41) is 7.00. The molecule has 6 heteroatoms. The minimum absolute atomic E-state index is 0.265. The molecule has 16 heavy (non-hydrogen) atoms. The molecule has 0 radical (unpaired) electrons. The van der Waals surface area contributed by atoms with Crippen molar-refractivity contribution in [3.8, 4) is 0 Å². The van der Waals surface area contributed by atoms with Crippen molar-refractivity contribution in [1.82, 2.24) is 15.0 Å². The SMILES string of the molecule is CC(C)N(c1ncnc(N)n1)C(C)C.CO. The molecule has 0 aliphatic rings. The van der Waals surface area contributed by atoms with Crippen molar-refractivity contribution in [1.29, 1.82) is 0 Å². The molecule has 0 amide bonds. The Balaban J connectivity index is 0.00000106. The Bertz CT molecular complexity index is 295. The van der Waals surface area contributed by atoms with Crippen molar-refractivity contribution >= 4 is 11.9 Å². The van der Waals surface area contributed by atoms with Crippen LogP contribution < -0.4 is 10.6 Å². The lowest BCUT2D eigenvalue weighted by molar-refractivity contribution is 0.399. The molecule has 0 fully saturated rings. The summed E-state index contributed by atoms with van der Waals surface area (Å²) in [5.74, 6) is 0.906. The zero-order valence-corrected chi connectivity index (χ0v) is 10.5. The molecule has 3 N–H and O–H groups in total.